The number of hydrogen-bond acceptors (Lipinski definition) is 5. The molecule has 0 saturated carbocycles. The molecule has 1 saturated heterocycles. The molecule has 0 unspecified atom stereocenters. The number of anilines is 1. The number of nitrogens with one attached hydrogen (secondary N) is 1. The first-order valence-electron chi connectivity index (χ1n) is 12.5. The fraction of sp³-hybridized carbons (Fsp3) is 0.310. The van der Waals surface area contributed by atoms with Gasteiger partial charge in [-0.15, -0.1) is 0 Å². The van der Waals surface area contributed by atoms with Gasteiger partial charge >= 0.3 is 12.1 Å². The Kier molecular flexibility index (Phi) is 10.5. The van der Waals surface area contributed by atoms with E-state index >= 15 is 0 Å². The standard InChI is InChI=1S/C27H31N3O2.C2HF3O2/c1-21-9-11-25(12-10-21)28-27(32)24-7-2-5-22(17-24)19-29-13-4-14-30(16-15-29)20-23-6-3-8-26(31)18-23;3-2(4,5)1(6)7/h2-3,5-12,17-18,31H,4,13-16,19-20H2,1H3,(H,28,32);(H,6,7). The molecular weight excluding hydrogens is 511 g/mol. The Morgan fingerprint density at radius 2 is 1.38 bits per heavy atom. The van der Waals surface area contributed by atoms with Crippen molar-refractivity contribution >= 4 is 17.6 Å². The zero-order valence-electron chi connectivity index (χ0n) is 21.6. The smallest absolute Gasteiger partial charge is 0.490 e. The number of phenols is 1. The minimum Gasteiger partial charge on any atom is -0.508 e. The number of carboxylic acid groups (broad SMARTS) is 1. The fourth-order valence-corrected chi connectivity index (χ4v) is 4.16. The van der Waals surface area contributed by atoms with Gasteiger partial charge in [-0.2, -0.15) is 13.2 Å². The summed E-state index contributed by atoms with van der Waals surface area (Å²) in [5.74, 6) is -2.51. The highest BCUT2D eigenvalue weighted by Crippen LogP contribution is 2.17. The Hall–Kier alpha value is -3.89. The Morgan fingerprint density at radius 1 is 0.846 bits per heavy atom. The summed E-state index contributed by atoms with van der Waals surface area (Å²) in [6.45, 7) is 7.79. The van der Waals surface area contributed by atoms with Crippen LogP contribution in [0.4, 0.5) is 18.9 Å². The molecule has 1 aliphatic heterocycles. The molecule has 0 aliphatic carbocycles. The van der Waals surface area contributed by atoms with Gasteiger partial charge in [-0.3, -0.25) is 14.6 Å². The maximum absolute atomic E-state index is 12.7. The minimum atomic E-state index is -5.08. The largest absolute Gasteiger partial charge is 0.508 e. The van der Waals surface area contributed by atoms with Crippen molar-refractivity contribution in [2.24, 2.45) is 0 Å². The van der Waals surface area contributed by atoms with E-state index in [9.17, 15) is 23.1 Å². The van der Waals surface area contributed by atoms with E-state index < -0.39 is 12.1 Å². The van der Waals surface area contributed by atoms with E-state index in [1.165, 1.54) is 5.56 Å². The Labute approximate surface area is 225 Å². The maximum atomic E-state index is 12.7. The highest BCUT2D eigenvalue weighted by molar-refractivity contribution is 6.04. The second-order valence-corrected chi connectivity index (χ2v) is 9.40. The lowest BCUT2D eigenvalue weighted by Crippen LogP contribution is -2.30. The molecule has 1 aliphatic rings. The van der Waals surface area contributed by atoms with E-state index in [1.807, 2.05) is 61.5 Å². The SMILES string of the molecule is Cc1ccc(NC(=O)c2cccc(CN3CCCN(Cc4cccc(O)c4)CC3)c2)cc1.O=C(O)C(F)(F)F. The molecular formula is C29H32F3N3O4. The maximum Gasteiger partial charge on any atom is 0.490 e. The van der Waals surface area contributed by atoms with Gasteiger partial charge in [-0.1, -0.05) is 42.0 Å². The molecule has 1 heterocycles. The highest BCUT2D eigenvalue weighted by Gasteiger charge is 2.38. The molecule has 1 fully saturated rings. The lowest BCUT2D eigenvalue weighted by Gasteiger charge is -2.22. The average molecular weight is 544 g/mol. The lowest BCUT2D eigenvalue weighted by atomic mass is 10.1. The molecule has 0 atom stereocenters. The van der Waals surface area contributed by atoms with Crippen molar-refractivity contribution in [3.05, 3.63) is 95.1 Å². The topological polar surface area (TPSA) is 93.1 Å². The van der Waals surface area contributed by atoms with Crippen LogP contribution in [0.1, 0.15) is 33.5 Å². The summed E-state index contributed by atoms with van der Waals surface area (Å²) in [6, 6.07) is 23.3. The number of aliphatic carboxylic acids is 1. The van der Waals surface area contributed by atoms with Gasteiger partial charge in [0.2, 0.25) is 0 Å². The number of amides is 1. The number of aryl methyl sites for hydroxylation is 1. The number of phenolic OH excluding ortho intramolecular Hbond substituents is 1. The van der Waals surface area contributed by atoms with E-state index in [4.69, 9.17) is 9.90 Å². The lowest BCUT2D eigenvalue weighted by molar-refractivity contribution is -0.192. The van der Waals surface area contributed by atoms with Crippen molar-refractivity contribution in [3.8, 4) is 5.75 Å². The molecule has 3 aromatic rings. The van der Waals surface area contributed by atoms with Crippen LogP contribution in [0.2, 0.25) is 0 Å². The van der Waals surface area contributed by atoms with Crippen LogP contribution in [0.15, 0.2) is 72.8 Å². The normalized spacial score (nSPS) is 14.6. The predicted molar refractivity (Wildman–Crippen MR) is 143 cm³/mol. The average Bonchev–Trinajstić information content (AvgIpc) is 3.10. The molecule has 10 heteroatoms. The van der Waals surface area contributed by atoms with Crippen molar-refractivity contribution in [2.45, 2.75) is 32.6 Å². The summed E-state index contributed by atoms with van der Waals surface area (Å²) >= 11 is 0. The molecule has 1 amide bonds. The van der Waals surface area contributed by atoms with E-state index in [0.29, 0.717) is 11.3 Å². The van der Waals surface area contributed by atoms with E-state index in [2.05, 4.69) is 27.2 Å². The summed E-state index contributed by atoms with van der Waals surface area (Å²) in [5, 5.41) is 19.8. The van der Waals surface area contributed by atoms with Crippen LogP contribution in [0.25, 0.3) is 0 Å². The Balaban J connectivity index is 0.000000532. The molecule has 3 aromatic carbocycles. The van der Waals surface area contributed by atoms with Gasteiger partial charge < -0.3 is 15.5 Å². The van der Waals surface area contributed by atoms with Crippen molar-refractivity contribution in [1.82, 2.24) is 9.80 Å². The second-order valence-electron chi connectivity index (χ2n) is 9.40. The first-order chi connectivity index (χ1) is 18.5. The third-order valence-electron chi connectivity index (χ3n) is 6.15. The zero-order valence-corrected chi connectivity index (χ0v) is 21.6. The van der Waals surface area contributed by atoms with Crippen LogP contribution in [0.5, 0.6) is 5.75 Å². The third kappa shape index (κ3) is 10.1. The molecule has 3 N–H and O–H groups in total. The van der Waals surface area contributed by atoms with Gasteiger partial charge in [-0.05, 0) is 74.0 Å². The highest BCUT2D eigenvalue weighted by atomic mass is 19.4. The Bertz CT molecular complexity index is 1250. The van der Waals surface area contributed by atoms with Crippen molar-refractivity contribution in [3.63, 3.8) is 0 Å². The number of carbonyl (C=O) groups is 2. The first kappa shape index (κ1) is 29.7. The van der Waals surface area contributed by atoms with Gasteiger partial charge in [0.15, 0.2) is 0 Å². The number of nitrogens with zero attached hydrogens (tertiary/aromatic N) is 2. The summed E-state index contributed by atoms with van der Waals surface area (Å²) in [7, 11) is 0. The van der Waals surface area contributed by atoms with Crippen LogP contribution in [0.3, 0.4) is 0 Å². The quantitative estimate of drug-likeness (QED) is 0.391. The molecule has 7 nitrogen and oxygen atoms in total. The zero-order chi connectivity index (χ0) is 28.4. The molecule has 0 aromatic heterocycles. The molecule has 4 rings (SSSR count). The third-order valence-corrected chi connectivity index (χ3v) is 6.15. The molecule has 208 valence electrons. The molecule has 0 spiro atoms. The van der Waals surface area contributed by atoms with Crippen molar-refractivity contribution in [2.75, 3.05) is 31.5 Å². The first-order valence-corrected chi connectivity index (χ1v) is 12.5. The number of carbonyl (C=O) groups excluding carboxylic acids is 1. The van der Waals surface area contributed by atoms with Gasteiger partial charge in [0.1, 0.15) is 5.75 Å². The van der Waals surface area contributed by atoms with Crippen LogP contribution >= 0.6 is 0 Å². The van der Waals surface area contributed by atoms with E-state index in [-0.39, 0.29) is 5.91 Å². The number of aromatic hydroxyl groups is 1. The van der Waals surface area contributed by atoms with Crippen molar-refractivity contribution < 1.29 is 33.0 Å². The van der Waals surface area contributed by atoms with Crippen LogP contribution < -0.4 is 5.32 Å². The van der Waals surface area contributed by atoms with Gasteiger partial charge in [0.25, 0.3) is 5.91 Å². The fourth-order valence-electron chi connectivity index (χ4n) is 4.16. The number of alkyl halides is 3. The number of carboxylic acids is 1. The predicted octanol–water partition coefficient (Wildman–Crippen LogP) is 5.29. The summed E-state index contributed by atoms with van der Waals surface area (Å²) in [4.78, 5) is 26.5. The van der Waals surface area contributed by atoms with Gasteiger partial charge in [-0.25, -0.2) is 4.79 Å². The van der Waals surface area contributed by atoms with E-state index in [0.717, 1.165) is 62.5 Å². The van der Waals surface area contributed by atoms with Crippen LogP contribution in [-0.2, 0) is 17.9 Å². The monoisotopic (exact) mass is 543 g/mol. The number of rotatable bonds is 6. The number of halogens is 3. The molecule has 0 radical (unpaired) electrons. The van der Waals surface area contributed by atoms with Gasteiger partial charge in [0.05, 0.1) is 0 Å². The summed E-state index contributed by atoms with van der Waals surface area (Å²) in [5.41, 5.74) is 4.96. The van der Waals surface area contributed by atoms with Gasteiger partial charge in [0, 0.05) is 37.4 Å². The van der Waals surface area contributed by atoms with Crippen molar-refractivity contribution in [1.29, 1.82) is 0 Å². The second kappa shape index (κ2) is 13.8. The molecule has 39 heavy (non-hydrogen) atoms. The van der Waals surface area contributed by atoms with E-state index in [1.54, 1.807) is 6.07 Å². The van der Waals surface area contributed by atoms with Crippen LogP contribution in [-0.4, -0.2) is 64.2 Å². The minimum absolute atomic E-state index is 0.0798. The Morgan fingerprint density at radius 3 is 1.92 bits per heavy atom. The van der Waals surface area contributed by atoms with Crippen LogP contribution in [0, 0.1) is 6.92 Å². The molecule has 0 bridgehead atoms. The number of hydrogen-bond donors (Lipinski definition) is 3. The summed E-state index contributed by atoms with van der Waals surface area (Å²) < 4.78 is 31.7. The number of benzene rings is 3. The summed E-state index contributed by atoms with van der Waals surface area (Å²) in [6.07, 6.45) is -3.98.